The Morgan fingerprint density at radius 1 is 1.24 bits per heavy atom. The Balaban J connectivity index is 3.12. The van der Waals surface area contributed by atoms with Gasteiger partial charge in [-0.2, -0.15) is 0 Å². The summed E-state index contributed by atoms with van der Waals surface area (Å²) in [4.78, 5) is 11.1. The highest BCUT2D eigenvalue weighted by atomic mass is 31.2. The van der Waals surface area contributed by atoms with Crippen molar-refractivity contribution in [3.8, 4) is 0 Å². The van der Waals surface area contributed by atoms with Crippen LogP contribution in [0.3, 0.4) is 0 Å². The van der Waals surface area contributed by atoms with Crippen LogP contribution >= 0.6 is 7.37 Å². The van der Waals surface area contributed by atoms with E-state index in [1.807, 2.05) is 45.9 Å². The summed E-state index contributed by atoms with van der Waals surface area (Å²) >= 11 is 0. The van der Waals surface area contributed by atoms with Gasteiger partial charge >= 0.3 is 5.97 Å². The third kappa shape index (κ3) is 4.69. The smallest absolute Gasteiger partial charge is 0.302 e. The van der Waals surface area contributed by atoms with E-state index >= 15 is 0 Å². The Kier molecular flexibility index (Phi) is 6.18. The fourth-order valence-corrected chi connectivity index (χ4v) is 4.35. The van der Waals surface area contributed by atoms with Gasteiger partial charge in [0.15, 0.2) is 0 Å². The first kappa shape index (κ1) is 17.9. The van der Waals surface area contributed by atoms with Crippen molar-refractivity contribution in [2.24, 2.45) is 5.92 Å². The second-order valence-electron chi connectivity index (χ2n) is 6.17. The van der Waals surface area contributed by atoms with E-state index in [0.717, 1.165) is 0 Å². The molecule has 5 heteroatoms. The lowest BCUT2D eigenvalue weighted by atomic mass is 10.2. The summed E-state index contributed by atoms with van der Waals surface area (Å²) in [6.07, 6.45) is 0. The Labute approximate surface area is 127 Å². The Hall–Kier alpha value is -1.12. The molecular weight excluding hydrogens is 287 g/mol. The topological polar surface area (TPSA) is 52.6 Å². The predicted molar refractivity (Wildman–Crippen MR) is 85.2 cm³/mol. The van der Waals surface area contributed by atoms with Crippen molar-refractivity contribution in [3.05, 3.63) is 30.3 Å². The number of benzene rings is 1. The number of carbonyl (C=O) groups excluding carboxylic acids is 1. The zero-order chi connectivity index (χ0) is 16.1. The van der Waals surface area contributed by atoms with E-state index in [-0.39, 0.29) is 18.5 Å². The highest BCUT2D eigenvalue weighted by Crippen LogP contribution is 2.58. The van der Waals surface area contributed by atoms with Gasteiger partial charge in [-0.15, -0.1) is 0 Å². The average Bonchev–Trinajstić information content (AvgIpc) is 2.43. The summed E-state index contributed by atoms with van der Waals surface area (Å²) < 4.78 is 24.5. The average molecular weight is 312 g/mol. The monoisotopic (exact) mass is 312 g/mol. The van der Waals surface area contributed by atoms with Crippen LogP contribution < -0.4 is 5.30 Å². The van der Waals surface area contributed by atoms with Gasteiger partial charge in [0.25, 0.3) is 0 Å². The molecule has 0 aliphatic rings. The maximum Gasteiger partial charge on any atom is 0.302 e. The van der Waals surface area contributed by atoms with Crippen LogP contribution in [0.2, 0.25) is 0 Å². The number of hydrogen-bond acceptors (Lipinski definition) is 4. The van der Waals surface area contributed by atoms with Crippen LogP contribution in [0.25, 0.3) is 0 Å². The van der Waals surface area contributed by atoms with Crippen LogP contribution in [0.1, 0.15) is 34.6 Å². The molecule has 118 valence electrons. The Morgan fingerprint density at radius 3 is 2.29 bits per heavy atom. The molecule has 0 fully saturated rings. The normalized spacial score (nSPS) is 14.8. The summed E-state index contributed by atoms with van der Waals surface area (Å²) in [5.74, 6) is -0.113. The van der Waals surface area contributed by atoms with Gasteiger partial charge in [0, 0.05) is 12.2 Å². The number of hydrogen-bond donors (Lipinski definition) is 0. The molecule has 1 aromatic carbocycles. The second-order valence-corrected chi connectivity index (χ2v) is 9.26. The summed E-state index contributed by atoms with van der Waals surface area (Å²) in [6, 6.07) is 9.15. The molecule has 0 saturated carbocycles. The van der Waals surface area contributed by atoms with Gasteiger partial charge in [-0.1, -0.05) is 32.0 Å². The van der Waals surface area contributed by atoms with E-state index < -0.39 is 12.5 Å². The van der Waals surface area contributed by atoms with Crippen LogP contribution in [0.15, 0.2) is 30.3 Å². The van der Waals surface area contributed by atoms with E-state index in [2.05, 4.69) is 0 Å². The molecule has 0 aliphatic heterocycles. The van der Waals surface area contributed by atoms with Crippen LogP contribution in [-0.4, -0.2) is 24.3 Å². The van der Waals surface area contributed by atoms with Crippen molar-refractivity contribution >= 4 is 18.6 Å². The highest BCUT2D eigenvalue weighted by molar-refractivity contribution is 7.68. The van der Waals surface area contributed by atoms with Crippen LogP contribution in [-0.2, 0) is 18.6 Å². The van der Waals surface area contributed by atoms with E-state index in [4.69, 9.17) is 9.26 Å². The second kappa shape index (κ2) is 7.24. The zero-order valence-corrected chi connectivity index (χ0v) is 14.4. The number of carbonyl (C=O) groups is 1. The van der Waals surface area contributed by atoms with Gasteiger partial charge in [0.05, 0.1) is 11.8 Å². The first-order chi connectivity index (χ1) is 9.69. The molecule has 0 spiro atoms. The van der Waals surface area contributed by atoms with Gasteiger partial charge < -0.3 is 9.26 Å². The minimum Gasteiger partial charge on any atom is -0.465 e. The van der Waals surface area contributed by atoms with E-state index in [0.29, 0.717) is 11.9 Å². The quantitative estimate of drug-likeness (QED) is 0.570. The molecule has 1 rings (SSSR count). The molecule has 0 amide bonds. The van der Waals surface area contributed by atoms with Crippen LogP contribution in [0, 0.1) is 5.92 Å². The lowest BCUT2D eigenvalue weighted by Gasteiger charge is -2.34. The standard InChI is InChI=1S/C16H25O4P/c1-13(2)11-20-21(18,15-9-7-6-8-10-15)16(4,5)12-19-14(3)17/h6-10,13H,11-12H2,1-5H3. The Bertz CT molecular complexity index is 508. The number of rotatable bonds is 7. The molecule has 21 heavy (non-hydrogen) atoms. The molecule has 1 atom stereocenters. The Morgan fingerprint density at radius 2 is 1.81 bits per heavy atom. The molecule has 0 heterocycles. The molecule has 0 aliphatic carbocycles. The first-order valence-electron chi connectivity index (χ1n) is 7.13. The third-order valence-corrected chi connectivity index (χ3v) is 6.32. The van der Waals surface area contributed by atoms with Crippen LogP contribution in [0.4, 0.5) is 0 Å². The van der Waals surface area contributed by atoms with E-state index in [1.54, 1.807) is 12.1 Å². The molecular formula is C16H25O4P. The van der Waals surface area contributed by atoms with Gasteiger partial charge in [-0.25, -0.2) is 0 Å². The largest absolute Gasteiger partial charge is 0.465 e. The molecule has 0 radical (unpaired) electrons. The third-order valence-electron chi connectivity index (χ3n) is 3.11. The summed E-state index contributed by atoms with van der Waals surface area (Å²) in [6.45, 7) is 9.44. The van der Waals surface area contributed by atoms with Crippen molar-refractivity contribution in [3.63, 3.8) is 0 Å². The van der Waals surface area contributed by atoms with Crippen molar-refractivity contribution in [1.82, 2.24) is 0 Å². The lowest BCUT2D eigenvalue weighted by molar-refractivity contribution is -0.141. The van der Waals surface area contributed by atoms with E-state index in [9.17, 15) is 9.36 Å². The number of esters is 1. The van der Waals surface area contributed by atoms with Gasteiger partial charge in [0.2, 0.25) is 7.37 Å². The summed E-state index contributed by atoms with van der Waals surface area (Å²) in [7, 11) is -3.16. The van der Waals surface area contributed by atoms with Crippen molar-refractivity contribution < 1.29 is 18.6 Å². The highest BCUT2D eigenvalue weighted by Gasteiger charge is 2.44. The molecule has 0 saturated heterocycles. The maximum atomic E-state index is 13.5. The van der Waals surface area contributed by atoms with Crippen molar-refractivity contribution in [2.75, 3.05) is 13.2 Å². The lowest BCUT2D eigenvalue weighted by Crippen LogP contribution is -2.34. The summed E-state index contributed by atoms with van der Waals surface area (Å²) in [5, 5.41) is -0.127. The molecule has 0 N–H and O–H groups in total. The maximum absolute atomic E-state index is 13.5. The minimum absolute atomic E-state index is 0.0621. The van der Waals surface area contributed by atoms with Gasteiger partial charge in [-0.05, 0) is 31.9 Å². The molecule has 0 aromatic heterocycles. The zero-order valence-electron chi connectivity index (χ0n) is 13.5. The van der Waals surface area contributed by atoms with Crippen molar-refractivity contribution in [2.45, 2.75) is 39.8 Å². The first-order valence-corrected chi connectivity index (χ1v) is 8.75. The predicted octanol–water partition coefficient (Wildman–Crippen LogP) is 3.60. The van der Waals surface area contributed by atoms with Gasteiger partial charge in [0.1, 0.15) is 6.61 Å². The van der Waals surface area contributed by atoms with E-state index in [1.165, 1.54) is 6.92 Å². The van der Waals surface area contributed by atoms with Gasteiger partial charge in [-0.3, -0.25) is 9.36 Å². The fourth-order valence-electron chi connectivity index (χ4n) is 1.84. The minimum atomic E-state index is -3.16. The SMILES string of the molecule is CC(=O)OCC(C)(C)P(=O)(OCC(C)C)c1ccccc1. The molecule has 0 bridgehead atoms. The number of ether oxygens (including phenoxy) is 1. The molecule has 4 nitrogen and oxygen atoms in total. The van der Waals surface area contributed by atoms with Crippen LogP contribution in [0.5, 0.6) is 0 Å². The summed E-state index contributed by atoms with van der Waals surface area (Å²) in [5.41, 5.74) is 0. The molecule has 1 unspecified atom stereocenters. The molecule has 1 aromatic rings. The fraction of sp³-hybridized carbons (Fsp3) is 0.562. The van der Waals surface area contributed by atoms with Crippen molar-refractivity contribution in [1.29, 1.82) is 0 Å².